The number of benzene rings is 1. The second-order valence-electron chi connectivity index (χ2n) is 7.17. The molecule has 1 fully saturated rings. The molecule has 2 rings (SSSR count). The lowest BCUT2D eigenvalue weighted by molar-refractivity contribution is 0.102. The van der Waals surface area contributed by atoms with Crippen LogP contribution in [0.3, 0.4) is 0 Å². The lowest BCUT2D eigenvalue weighted by atomic mass is 9.84. The Hall–Kier alpha value is -0.900. The molecule has 0 aliphatic heterocycles. The fourth-order valence-corrected chi connectivity index (χ4v) is 4.04. The molecule has 23 heavy (non-hydrogen) atoms. The van der Waals surface area contributed by atoms with Crippen LogP contribution in [0.25, 0.3) is 0 Å². The first-order chi connectivity index (χ1) is 11.1. The number of aryl methyl sites for hydroxylation is 1. The molecule has 1 aliphatic carbocycles. The van der Waals surface area contributed by atoms with E-state index < -0.39 is 0 Å². The van der Waals surface area contributed by atoms with Crippen molar-refractivity contribution in [2.24, 2.45) is 17.8 Å². The molecule has 130 valence electrons. The van der Waals surface area contributed by atoms with Crippen molar-refractivity contribution in [2.75, 3.05) is 13.1 Å². The van der Waals surface area contributed by atoms with Gasteiger partial charge in [0.2, 0.25) is 0 Å². The maximum absolute atomic E-state index is 10.3. The molecule has 3 N–H and O–H groups in total. The molecule has 0 aromatic heterocycles. The summed E-state index contributed by atoms with van der Waals surface area (Å²) < 4.78 is 0. The van der Waals surface area contributed by atoms with E-state index in [2.05, 4.69) is 43.4 Å². The van der Waals surface area contributed by atoms with Crippen LogP contribution >= 0.6 is 0 Å². The smallest absolute Gasteiger partial charge is 0.0585 e. The number of rotatable bonds is 9. The summed E-state index contributed by atoms with van der Waals surface area (Å²) in [6.07, 6.45) is 4.11. The first-order valence-electron chi connectivity index (χ1n) is 9.22. The number of hydrogen-bond acceptors (Lipinski definition) is 3. The standard InChI is InChI=1S/C20H33NO2/c1-3-21-14-19-18(15(2)13-20(19)23)12-11-17(22)10-9-16-7-5-4-6-8-16/h4-8,15,17-23H,3,9-14H2,1-2H3/t15-,17+,18+,19-,20+/m1/s1. The molecule has 0 unspecified atom stereocenters. The zero-order valence-electron chi connectivity index (χ0n) is 14.6. The molecule has 1 aromatic rings. The highest BCUT2D eigenvalue weighted by atomic mass is 16.3. The van der Waals surface area contributed by atoms with Crippen LogP contribution in [0.1, 0.15) is 45.1 Å². The Morgan fingerprint density at radius 1 is 1.17 bits per heavy atom. The maximum Gasteiger partial charge on any atom is 0.0585 e. The van der Waals surface area contributed by atoms with E-state index in [0.29, 0.717) is 17.8 Å². The van der Waals surface area contributed by atoms with E-state index in [-0.39, 0.29) is 12.2 Å². The van der Waals surface area contributed by atoms with E-state index in [1.54, 1.807) is 0 Å². The van der Waals surface area contributed by atoms with Gasteiger partial charge in [0.05, 0.1) is 12.2 Å². The minimum Gasteiger partial charge on any atom is -0.393 e. The van der Waals surface area contributed by atoms with Gasteiger partial charge >= 0.3 is 0 Å². The van der Waals surface area contributed by atoms with Crippen molar-refractivity contribution in [2.45, 2.75) is 58.2 Å². The van der Waals surface area contributed by atoms with Crippen molar-refractivity contribution in [3.63, 3.8) is 0 Å². The average Bonchev–Trinajstić information content (AvgIpc) is 2.83. The molecule has 0 amide bonds. The number of aliphatic hydroxyl groups excluding tert-OH is 2. The monoisotopic (exact) mass is 319 g/mol. The molecule has 5 atom stereocenters. The lowest BCUT2D eigenvalue weighted by Gasteiger charge is -2.25. The van der Waals surface area contributed by atoms with Crippen LogP contribution in [-0.2, 0) is 6.42 Å². The van der Waals surface area contributed by atoms with Gasteiger partial charge in [-0.25, -0.2) is 0 Å². The molecule has 3 heteroatoms. The Labute approximate surface area is 141 Å². The topological polar surface area (TPSA) is 52.5 Å². The van der Waals surface area contributed by atoms with Crippen LogP contribution < -0.4 is 5.32 Å². The van der Waals surface area contributed by atoms with Crippen LogP contribution in [0.5, 0.6) is 0 Å². The van der Waals surface area contributed by atoms with Gasteiger partial charge in [0.25, 0.3) is 0 Å². The van der Waals surface area contributed by atoms with Crippen molar-refractivity contribution >= 4 is 0 Å². The molecule has 0 bridgehead atoms. The molecule has 0 spiro atoms. The van der Waals surface area contributed by atoms with Gasteiger partial charge in [-0.3, -0.25) is 0 Å². The normalized spacial score (nSPS) is 28.9. The van der Waals surface area contributed by atoms with Crippen LogP contribution in [0.4, 0.5) is 0 Å². The quantitative estimate of drug-likeness (QED) is 0.656. The fraction of sp³-hybridized carbons (Fsp3) is 0.700. The summed E-state index contributed by atoms with van der Waals surface area (Å²) in [7, 11) is 0. The molecule has 1 saturated carbocycles. The zero-order chi connectivity index (χ0) is 16.7. The van der Waals surface area contributed by atoms with Crippen LogP contribution in [0.2, 0.25) is 0 Å². The van der Waals surface area contributed by atoms with E-state index in [9.17, 15) is 10.2 Å². The van der Waals surface area contributed by atoms with Gasteiger partial charge in [0, 0.05) is 12.5 Å². The van der Waals surface area contributed by atoms with Crippen molar-refractivity contribution in [3.05, 3.63) is 35.9 Å². The van der Waals surface area contributed by atoms with Gasteiger partial charge in [-0.15, -0.1) is 0 Å². The predicted molar refractivity (Wildman–Crippen MR) is 95.3 cm³/mol. The number of nitrogens with one attached hydrogen (secondary N) is 1. The Kier molecular flexibility index (Phi) is 7.54. The van der Waals surface area contributed by atoms with Gasteiger partial charge in [-0.05, 0) is 56.0 Å². The molecule has 3 nitrogen and oxygen atoms in total. The second-order valence-corrected chi connectivity index (χ2v) is 7.17. The van der Waals surface area contributed by atoms with Crippen LogP contribution in [0, 0.1) is 17.8 Å². The van der Waals surface area contributed by atoms with Gasteiger partial charge in [-0.2, -0.15) is 0 Å². The summed E-state index contributed by atoms with van der Waals surface area (Å²) in [5.74, 6) is 1.41. The van der Waals surface area contributed by atoms with Gasteiger partial charge in [-0.1, -0.05) is 44.2 Å². The summed E-state index contributed by atoms with van der Waals surface area (Å²) in [5, 5.41) is 24.0. The third-order valence-electron chi connectivity index (χ3n) is 5.46. The lowest BCUT2D eigenvalue weighted by Crippen LogP contribution is -2.32. The molecular weight excluding hydrogens is 286 g/mol. The average molecular weight is 319 g/mol. The summed E-state index contributed by atoms with van der Waals surface area (Å²) >= 11 is 0. The predicted octanol–water partition coefficient (Wildman–Crippen LogP) is 3.00. The largest absolute Gasteiger partial charge is 0.393 e. The van der Waals surface area contributed by atoms with Gasteiger partial charge in [0.15, 0.2) is 0 Å². The molecular formula is C20H33NO2. The molecule has 0 radical (unpaired) electrons. The third-order valence-corrected chi connectivity index (χ3v) is 5.46. The number of hydrogen-bond donors (Lipinski definition) is 3. The third kappa shape index (κ3) is 5.59. The summed E-state index contributed by atoms with van der Waals surface area (Å²) in [5.41, 5.74) is 1.29. The maximum atomic E-state index is 10.3. The SMILES string of the molecule is CCNC[C@@H]1[C@@H](CC[C@@H](O)CCc2ccccc2)[C@H](C)C[C@@H]1O. The fourth-order valence-electron chi connectivity index (χ4n) is 4.04. The van der Waals surface area contributed by atoms with E-state index >= 15 is 0 Å². The van der Waals surface area contributed by atoms with Crippen molar-refractivity contribution in [3.8, 4) is 0 Å². The highest BCUT2D eigenvalue weighted by Gasteiger charge is 2.39. The van der Waals surface area contributed by atoms with E-state index in [1.807, 2.05) is 6.07 Å². The zero-order valence-corrected chi connectivity index (χ0v) is 14.6. The van der Waals surface area contributed by atoms with Crippen molar-refractivity contribution < 1.29 is 10.2 Å². The van der Waals surface area contributed by atoms with E-state index in [1.165, 1.54) is 5.56 Å². The first kappa shape index (κ1) is 18.4. The molecule has 0 heterocycles. The number of aliphatic hydroxyl groups is 2. The van der Waals surface area contributed by atoms with Gasteiger partial charge < -0.3 is 15.5 Å². The van der Waals surface area contributed by atoms with E-state index in [0.717, 1.165) is 45.2 Å². The minimum atomic E-state index is -0.236. The van der Waals surface area contributed by atoms with Gasteiger partial charge in [0.1, 0.15) is 0 Å². The molecule has 1 aromatic carbocycles. The minimum absolute atomic E-state index is 0.185. The Morgan fingerprint density at radius 3 is 2.61 bits per heavy atom. The highest BCUT2D eigenvalue weighted by molar-refractivity contribution is 5.14. The molecule has 0 saturated heterocycles. The summed E-state index contributed by atoms with van der Waals surface area (Å²) in [4.78, 5) is 0. The van der Waals surface area contributed by atoms with Crippen LogP contribution in [-0.4, -0.2) is 35.5 Å². The highest BCUT2D eigenvalue weighted by Crippen LogP contribution is 2.40. The Bertz CT molecular complexity index is 437. The summed E-state index contributed by atoms with van der Waals surface area (Å²) in [6, 6.07) is 10.4. The Balaban J connectivity index is 1.76. The van der Waals surface area contributed by atoms with Crippen molar-refractivity contribution in [1.29, 1.82) is 0 Å². The second kappa shape index (κ2) is 9.41. The molecule has 1 aliphatic rings. The Morgan fingerprint density at radius 2 is 1.91 bits per heavy atom. The first-order valence-corrected chi connectivity index (χ1v) is 9.22. The summed E-state index contributed by atoms with van der Waals surface area (Å²) in [6.45, 7) is 6.19. The van der Waals surface area contributed by atoms with Crippen molar-refractivity contribution in [1.82, 2.24) is 5.32 Å². The van der Waals surface area contributed by atoms with Crippen LogP contribution in [0.15, 0.2) is 30.3 Å². The van der Waals surface area contributed by atoms with E-state index in [4.69, 9.17) is 0 Å².